The second-order valence-corrected chi connectivity index (χ2v) is 6.40. The molecule has 1 unspecified atom stereocenters. The summed E-state index contributed by atoms with van der Waals surface area (Å²) in [6.07, 6.45) is 0.572. The van der Waals surface area contributed by atoms with Crippen LogP contribution in [0.25, 0.3) is 0 Å². The first kappa shape index (κ1) is 17.1. The zero-order chi connectivity index (χ0) is 16.8. The molecule has 23 heavy (non-hydrogen) atoms. The van der Waals surface area contributed by atoms with Crippen LogP contribution in [0.4, 0.5) is 4.79 Å². The topological polar surface area (TPSA) is 111 Å². The SMILES string of the molecule is C[C@@H](CO[N+](=O)[O-])NC(=O)[C@H]1NC(=O)SC1Cc1ccccc1. The first-order chi connectivity index (χ1) is 11.0. The third-order valence-electron chi connectivity index (χ3n) is 3.28. The lowest BCUT2D eigenvalue weighted by atomic mass is 10.0. The fourth-order valence-electron chi connectivity index (χ4n) is 2.25. The number of benzene rings is 1. The van der Waals surface area contributed by atoms with E-state index in [1.54, 1.807) is 6.92 Å². The molecule has 0 aliphatic carbocycles. The molecule has 0 saturated carbocycles. The van der Waals surface area contributed by atoms with E-state index in [4.69, 9.17) is 0 Å². The maximum Gasteiger partial charge on any atom is 0.294 e. The number of hydrogen-bond donors (Lipinski definition) is 2. The molecular weight excluding hydrogens is 322 g/mol. The van der Waals surface area contributed by atoms with E-state index >= 15 is 0 Å². The minimum Gasteiger partial charge on any atom is -0.350 e. The molecule has 2 rings (SSSR count). The van der Waals surface area contributed by atoms with Gasteiger partial charge in [-0.2, -0.15) is 0 Å². The Morgan fingerprint density at radius 1 is 1.48 bits per heavy atom. The van der Waals surface area contributed by atoms with E-state index in [9.17, 15) is 19.7 Å². The Balaban J connectivity index is 1.94. The van der Waals surface area contributed by atoms with Gasteiger partial charge in [0, 0.05) is 11.3 Å². The van der Waals surface area contributed by atoms with Crippen molar-refractivity contribution >= 4 is 22.9 Å². The number of carbonyl (C=O) groups is 2. The van der Waals surface area contributed by atoms with Crippen LogP contribution in [-0.2, 0) is 16.1 Å². The maximum atomic E-state index is 12.3. The summed E-state index contributed by atoms with van der Waals surface area (Å²) in [5.74, 6) is -0.372. The van der Waals surface area contributed by atoms with Crippen LogP contribution >= 0.6 is 11.8 Å². The third kappa shape index (κ3) is 5.13. The molecule has 1 aliphatic heterocycles. The fourth-order valence-corrected chi connectivity index (χ4v) is 3.32. The van der Waals surface area contributed by atoms with E-state index in [-0.39, 0.29) is 23.0 Å². The van der Waals surface area contributed by atoms with Crippen molar-refractivity contribution in [1.82, 2.24) is 10.6 Å². The molecule has 3 atom stereocenters. The number of amides is 2. The van der Waals surface area contributed by atoms with Crippen molar-refractivity contribution in [3.8, 4) is 0 Å². The van der Waals surface area contributed by atoms with E-state index < -0.39 is 17.2 Å². The summed E-state index contributed by atoms with van der Waals surface area (Å²) < 4.78 is 0. The summed E-state index contributed by atoms with van der Waals surface area (Å²) in [4.78, 5) is 38.3. The van der Waals surface area contributed by atoms with Crippen LogP contribution in [0, 0.1) is 10.1 Å². The third-order valence-corrected chi connectivity index (χ3v) is 4.36. The molecule has 1 aromatic rings. The lowest BCUT2D eigenvalue weighted by Crippen LogP contribution is -2.50. The van der Waals surface area contributed by atoms with Gasteiger partial charge in [-0.25, -0.2) is 0 Å². The lowest BCUT2D eigenvalue weighted by molar-refractivity contribution is -0.758. The Kier molecular flexibility index (Phi) is 5.80. The van der Waals surface area contributed by atoms with Gasteiger partial charge >= 0.3 is 0 Å². The molecule has 0 spiro atoms. The summed E-state index contributed by atoms with van der Waals surface area (Å²) in [7, 11) is 0. The van der Waals surface area contributed by atoms with Crippen molar-refractivity contribution in [3.05, 3.63) is 46.0 Å². The second kappa shape index (κ2) is 7.82. The number of nitrogens with zero attached hydrogens (tertiary/aromatic N) is 1. The zero-order valence-corrected chi connectivity index (χ0v) is 13.2. The Morgan fingerprint density at radius 3 is 2.83 bits per heavy atom. The first-order valence-electron chi connectivity index (χ1n) is 7.04. The summed E-state index contributed by atoms with van der Waals surface area (Å²) in [5.41, 5.74) is 1.03. The molecule has 0 bridgehead atoms. The number of nitrogens with one attached hydrogen (secondary N) is 2. The molecule has 2 amide bonds. The minimum atomic E-state index is -0.909. The molecule has 1 aromatic carbocycles. The molecule has 8 nitrogen and oxygen atoms in total. The maximum absolute atomic E-state index is 12.3. The van der Waals surface area contributed by atoms with Crippen molar-refractivity contribution in [2.24, 2.45) is 0 Å². The molecule has 1 fully saturated rings. The Morgan fingerprint density at radius 2 is 2.17 bits per heavy atom. The van der Waals surface area contributed by atoms with Crippen molar-refractivity contribution in [2.75, 3.05) is 6.61 Å². The van der Waals surface area contributed by atoms with Crippen molar-refractivity contribution in [1.29, 1.82) is 0 Å². The highest BCUT2D eigenvalue weighted by atomic mass is 32.2. The van der Waals surface area contributed by atoms with Gasteiger partial charge in [-0.15, -0.1) is 10.1 Å². The standard InChI is InChI=1S/C14H17N3O5S/c1-9(8-22-17(20)21)15-13(18)12-11(23-14(19)16-12)7-10-5-3-2-4-6-10/h2-6,9,11-12H,7-8H2,1H3,(H,15,18)(H,16,19)/t9-,11?,12-/m0/s1. The Bertz CT molecular complexity index is 583. The van der Waals surface area contributed by atoms with E-state index in [0.29, 0.717) is 6.42 Å². The quantitative estimate of drug-likeness (QED) is 0.569. The van der Waals surface area contributed by atoms with Crippen molar-refractivity contribution < 1.29 is 19.5 Å². The second-order valence-electron chi connectivity index (χ2n) is 5.18. The van der Waals surface area contributed by atoms with Crippen LogP contribution in [0.3, 0.4) is 0 Å². The number of rotatable bonds is 7. The highest BCUT2D eigenvalue weighted by Gasteiger charge is 2.38. The largest absolute Gasteiger partial charge is 0.350 e. The van der Waals surface area contributed by atoms with Gasteiger partial charge in [-0.3, -0.25) is 9.59 Å². The van der Waals surface area contributed by atoms with E-state index in [2.05, 4.69) is 15.5 Å². The highest BCUT2D eigenvalue weighted by molar-refractivity contribution is 8.14. The van der Waals surface area contributed by atoms with E-state index in [1.165, 1.54) is 0 Å². The van der Waals surface area contributed by atoms with Gasteiger partial charge in [0.15, 0.2) is 0 Å². The van der Waals surface area contributed by atoms with Crippen LogP contribution in [-0.4, -0.2) is 40.2 Å². The van der Waals surface area contributed by atoms with Crippen LogP contribution in [0.1, 0.15) is 12.5 Å². The van der Waals surface area contributed by atoms with E-state index in [1.807, 2.05) is 30.3 Å². The van der Waals surface area contributed by atoms with Crippen LogP contribution in [0.15, 0.2) is 30.3 Å². The Hall–Kier alpha value is -2.29. The molecule has 1 aliphatic rings. The molecular formula is C14H17N3O5S. The summed E-state index contributed by atoms with van der Waals surface area (Å²) in [6, 6.07) is 8.36. The van der Waals surface area contributed by atoms with Crippen LogP contribution in [0.5, 0.6) is 0 Å². The van der Waals surface area contributed by atoms with Crippen LogP contribution in [0.2, 0.25) is 0 Å². The predicted molar refractivity (Wildman–Crippen MR) is 84.4 cm³/mol. The molecule has 2 N–H and O–H groups in total. The number of hydrogen-bond acceptors (Lipinski definition) is 6. The van der Waals surface area contributed by atoms with Gasteiger partial charge in [-0.05, 0) is 18.9 Å². The molecule has 0 radical (unpaired) electrons. The minimum absolute atomic E-state index is 0.228. The lowest BCUT2D eigenvalue weighted by Gasteiger charge is -2.20. The molecule has 124 valence electrons. The average molecular weight is 339 g/mol. The number of carbonyl (C=O) groups excluding carboxylic acids is 2. The van der Waals surface area contributed by atoms with Gasteiger partial charge < -0.3 is 15.5 Å². The van der Waals surface area contributed by atoms with Gasteiger partial charge in [0.05, 0.1) is 0 Å². The molecule has 9 heteroatoms. The van der Waals surface area contributed by atoms with Gasteiger partial charge in [0.1, 0.15) is 12.6 Å². The first-order valence-corrected chi connectivity index (χ1v) is 7.92. The summed E-state index contributed by atoms with van der Waals surface area (Å²) in [6.45, 7) is 1.35. The van der Waals surface area contributed by atoms with Gasteiger partial charge in [0.25, 0.3) is 10.3 Å². The normalized spacial score (nSPS) is 21.3. The van der Waals surface area contributed by atoms with Crippen molar-refractivity contribution in [2.45, 2.75) is 30.7 Å². The molecule has 1 saturated heterocycles. The molecule has 1 heterocycles. The average Bonchev–Trinajstić information content (AvgIpc) is 2.87. The van der Waals surface area contributed by atoms with E-state index in [0.717, 1.165) is 17.3 Å². The highest BCUT2D eigenvalue weighted by Crippen LogP contribution is 2.27. The monoisotopic (exact) mass is 339 g/mol. The molecule has 0 aromatic heterocycles. The van der Waals surface area contributed by atoms with Gasteiger partial charge in [0.2, 0.25) is 5.91 Å². The predicted octanol–water partition coefficient (Wildman–Crippen LogP) is 1.14. The summed E-state index contributed by atoms with van der Waals surface area (Å²) >= 11 is 1.09. The fraction of sp³-hybridized carbons (Fsp3) is 0.429. The Labute approximate surface area is 137 Å². The zero-order valence-electron chi connectivity index (χ0n) is 12.4. The van der Waals surface area contributed by atoms with Gasteiger partial charge in [-0.1, -0.05) is 42.1 Å². The number of thioether (sulfide) groups is 1. The van der Waals surface area contributed by atoms with Crippen molar-refractivity contribution in [3.63, 3.8) is 0 Å². The van der Waals surface area contributed by atoms with Crippen LogP contribution < -0.4 is 10.6 Å². The summed E-state index contributed by atoms with van der Waals surface area (Å²) in [5, 5.41) is 14.0. The smallest absolute Gasteiger partial charge is 0.294 e.